The van der Waals surface area contributed by atoms with Crippen LogP contribution < -0.4 is 10.9 Å². The van der Waals surface area contributed by atoms with Crippen LogP contribution in [0, 0.1) is 0 Å². The van der Waals surface area contributed by atoms with Crippen molar-refractivity contribution in [3.8, 4) is 34.0 Å². The van der Waals surface area contributed by atoms with Crippen LogP contribution in [0.15, 0.2) is 70.9 Å². The second-order valence-corrected chi connectivity index (χ2v) is 7.79. The minimum Gasteiger partial charge on any atom is -0.354 e. The van der Waals surface area contributed by atoms with Crippen LogP contribution in [-0.2, 0) is 6.54 Å². The number of benzene rings is 1. The van der Waals surface area contributed by atoms with Crippen molar-refractivity contribution in [1.29, 1.82) is 0 Å². The van der Waals surface area contributed by atoms with E-state index in [2.05, 4.69) is 34.2 Å². The van der Waals surface area contributed by atoms with Gasteiger partial charge in [-0.05, 0) is 32.5 Å². The summed E-state index contributed by atoms with van der Waals surface area (Å²) in [5.41, 5.74) is 5.30. The average Bonchev–Trinajstić information content (AvgIpc) is 3.30. The predicted molar refractivity (Wildman–Crippen MR) is 126 cm³/mol. The third-order valence-corrected chi connectivity index (χ3v) is 5.17. The van der Waals surface area contributed by atoms with E-state index in [1.807, 2.05) is 39.1 Å². The summed E-state index contributed by atoms with van der Waals surface area (Å²) in [6.45, 7) is 8.49. The highest BCUT2D eigenvalue weighted by atomic mass is 16.5. The molecule has 0 aliphatic rings. The smallest absolute Gasteiger partial charge is 0.258 e. The zero-order valence-corrected chi connectivity index (χ0v) is 18.4. The Morgan fingerprint density at radius 2 is 1.84 bits per heavy atom. The van der Waals surface area contributed by atoms with Crippen LogP contribution in [-0.4, -0.2) is 26.7 Å². The molecule has 162 valence electrons. The van der Waals surface area contributed by atoms with Gasteiger partial charge in [0, 0.05) is 41.5 Å². The molecule has 1 aromatic carbocycles. The fourth-order valence-corrected chi connectivity index (χ4v) is 3.45. The number of pyridine rings is 1. The zero-order valence-electron chi connectivity index (χ0n) is 18.4. The molecule has 0 spiro atoms. The van der Waals surface area contributed by atoms with Crippen molar-refractivity contribution < 1.29 is 4.52 Å². The quantitative estimate of drug-likeness (QED) is 0.465. The lowest BCUT2D eigenvalue weighted by molar-refractivity contribution is 0.433. The van der Waals surface area contributed by atoms with Crippen molar-refractivity contribution in [3.63, 3.8) is 0 Å². The number of rotatable bonds is 7. The molecule has 32 heavy (non-hydrogen) atoms. The first-order valence-electron chi connectivity index (χ1n) is 10.4. The summed E-state index contributed by atoms with van der Waals surface area (Å²) < 4.78 is 7.24. The van der Waals surface area contributed by atoms with E-state index < -0.39 is 0 Å². The summed E-state index contributed by atoms with van der Waals surface area (Å²) in [5.74, 6) is 0.523. The van der Waals surface area contributed by atoms with Gasteiger partial charge in [0.25, 0.3) is 5.56 Å². The second kappa shape index (κ2) is 9.11. The zero-order chi connectivity index (χ0) is 22.7. The average molecular weight is 428 g/mol. The minimum absolute atomic E-state index is 0.00798. The lowest BCUT2D eigenvalue weighted by Crippen LogP contribution is -2.23. The van der Waals surface area contributed by atoms with E-state index in [0.29, 0.717) is 22.7 Å². The Balaban J connectivity index is 1.68. The van der Waals surface area contributed by atoms with Gasteiger partial charge in [-0.2, -0.15) is 0 Å². The van der Waals surface area contributed by atoms with Crippen LogP contribution in [0.1, 0.15) is 31.0 Å². The van der Waals surface area contributed by atoms with E-state index in [1.54, 1.807) is 35.3 Å². The molecule has 0 unspecified atom stereocenters. The summed E-state index contributed by atoms with van der Waals surface area (Å²) >= 11 is 0. The molecule has 3 aromatic heterocycles. The number of nitrogens with zero attached hydrogens (tertiary/aromatic N) is 4. The van der Waals surface area contributed by atoms with Gasteiger partial charge < -0.3 is 14.4 Å². The van der Waals surface area contributed by atoms with E-state index in [1.165, 1.54) is 5.56 Å². The summed E-state index contributed by atoms with van der Waals surface area (Å²) in [5, 5.41) is 7.33. The van der Waals surface area contributed by atoms with Gasteiger partial charge in [-0.25, -0.2) is 4.98 Å². The Bertz CT molecular complexity index is 1300. The van der Waals surface area contributed by atoms with Gasteiger partial charge in [-0.1, -0.05) is 42.1 Å². The van der Waals surface area contributed by atoms with Crippen molar-refractivity contribution in [3.05, 3.63) is 83.0 Å². The summed E-state index contributed by atoms with van der Waals surface area (Å²) in [4.78, 5) is 21.6. The molecule has 0 aliphatic heterocycles. The maximum Gasteiger partial charge on any atom is 0.258 e. The lowest BCUT2D eigenvalue weighted by atomic mass is 10.1. The Morgan fingerprint density at radius 3 is 2.53 bits per heavy atom. The molecule has 0 saturated heterocycles. The third-order valence-electron chi connectivity index (χ3n) is 5.17. The molecule has 7 heteroatoms. The minimum atomic E-state index is -0.0801. The highest BCUT2D eigenvalue weighted by Crippen LogP contribution is 2.27. The van der Waals surface area contributed by atoms with Gasteiger partial charge in [0.15, 0.2) is 5.76 Å². The Labute approximate surface area is 186 Å². The van der Waals surface area contributed by atoms with Gasteiger partial charge in [-0.3, -0.25) is 9.78 Å². The van der Waals surface area contributed by atoms with Crippen molar-refractivity contribution in [2.45, 2.75) is 26.4 Å². The van der Waals surface area contributed by atoms with E-state index in [9.17, 15) is 4.79 Å². The van der Waals surface area contributed by atoms with Gasteiger partial charge in [0.2, 0.25) is 0 Å². The molecule has 3 heterocycles. The number of aromatic nitrogens is 4. The fourth-order valence-electron chi connectivity index (χ4n) is 3.45. The molecule has 0 saturated carbocycles. The topological polar surface area (TPSA) is 85.8 Å². The van der Waals surface area contributed by atoms with E-state index in [0.717, 1.165) is 23.4 Å². The maximum absolute atomic E-state index is 12.5. The summed E-state index contributed by atoms with van der Waals surface area (Å²) in [6, 6.07) is 11.8. The van der Waals surface area contributed by atoms with E-state index in [-0.39, 0.29) is 11.6 Å². The van der Waals surface area contributed by atoms with Crippen LogP contribution in [0.3, 0.4) is 0 Å². The third kappa shape index (κ3) is 4.29. The molecule has 4 rings (SSSR count). The van der Waals surface area contributed by atoms with Crippen LogP contribution >= 0.6 is 0 Å². The predicted octanol–water partition coefficient (Wildman–Crippen LogP) is 4.57. The Kier molecular flexibility index (Phi) is 6.09. The molecule has 0 fully saturated rings. The highest BCUT2D eigenvalue weighted by Gasteiger charge is 2.14. The monoisotopic (exact) mass is 427 g/mol. The number of nitrogens with one attached hydrogen (secondary N) is 1. The largest absolute Gasteiger partial charge is 0.354 e. The second-order valence-electron chi connectivity index (χ2n) is 7.79. The molecular formula is C25H25N5O2. The fraction of sp³-hybridized carbons (Fsp3) is 0.200. The molecule has 0 atom stereocenters. The first-order chi connectivity index (χ1) is 15.5. The molecule has 0 amide bonds. The van der Waals surface area contributed by atoms with Crippen molar-refractivity contribution in [2.75, 3.05) is 7.05 Å². The normalized spacial score (nSPS) is 11.1. The van der Waals surface area contributed by atoms with E-state index >= 15 is 0 Å². The molecule has 0 bridgehead atoms. The van der Waals surface area contributed by atoms with Gasteiger partial charge in [-0.15, -0.1) is 0 Å². The molecular weight excluding hydrogens is 402 g/mol. The van der Waals surface area contributed by atoms with Crippen molar-refractivity contribution in [1.82, 2.24) is 25.0 Å². The summed E-state index contributed by atoms with van der Waals surface area (Å²) in [6.07, 6.45) is 6.66. The molecule has 1 N–H and O–H groups in total. The molecule has 0 radical (unpaired) electrons. The molecule has 4 aromatic rings. The van der Waals surface area contributed by atoms with Crippen LogP contribution in [0.4, 0.5) is 0 Å². The van der Waals surface area contributed by atoms with Crippen LogP contribution in [0.5, 0.6) is 0 Å². The SMILES string of the molecule is C=Cc1cc(-c2cncc(-c3cc(-c4ccc(CNC)cc4)no3)n2)cn(C(C)C)c1=O. The molecule has 0 aliphatic carbocycles. The Morgan fingerprint density at radius 1 is 1.09 bits per heavy atom. The Hall–Kier alpha value is -3.84. The van der Waals surface area contributed by atoms with Gasteiger partial charge in [0.1, 0.15) is 11.4 Å². The van der Waals surface area contributed by atoms with Crippen LogP contribution in [0.25, 0.3) is 40.0 Å². The van der Waals surface area contributed by atoms with Gasteiger partial charge >= 0.3 is 0 Å². The van der Waals surface area contributed by atoms with E-state index in [4.69, 9.17) is 9.51 Å². The first kappa shape index (κ1) is 21.4. The van der Waals surface area contributed by atoms with Crippen LogP contribution in [0.2, 0.25) is 0 Å². The number of hydrogen-bond donors (Lipinski definition) is 1. The standard InChI is InChI=1S/C25H25N5O2/c1-5-18-10-20(15-30(16(2)3)25(18)31)22-13-27-14-23(28-22)24-11-21(29-32-24)19-8-6-17(7-9-19)12-26-4/h5-11,13-16,26H,1,12H2,2-4H3. The van der Waals surface area contributed by atoms with Crippen molar-refractivity contribution in [2.24, 2.45) is 0 Å². The highest BCUT2D eigenvalue weighted by molar-refractivity contribution is 5.67. The molecule has 7 nitrogen and oxygen atoms in total. The van der Waals surface area contributed by atoms with Gasteiger partial charge in [0.05, 0.1) is 18.1 Å². The number of hydrogen-bond acceptors (Lipinski definition) is 6. The summed E-state index contributed by atoms with van der Waals surface area (Å²) in [7, 11) is 1.92. The van der Waals surface area contributed by atoms with Crippen molar-refractivity contribution >= 4 is 6.08 Å². The maximum atomic E-state index is 12.5. The lowest BCUT2D eigenvalue weighted by Gasteiger charge is -2.13. The first-order valence-corrected chi connectivity index (χ1v) is 10.4.